The van der Waals surface area contributed by atoms with E-state index in [4.69, 9.17) is 19.9 Å². The summed E-state index contributed by atoms with van der Waals surface area (Å²) in [7, 11) is 3.24. The quantitative estimate of drug-likeness (QED) is 0.753. The Bertz CT molecular complexity index is 315. The molecule has 1 aromatic carbocycles. The molecule has 4 nitrogen and oxygen atoms in total. The summed E-state index contributed by atoms with van der Waals surface area (Å²) in [6.07, 6.45) is 0.0532. The predicted molar refractivity (Wildman–Crippen MR) is 59.4 cm³/mol. The van der Waals surface area contributed by atoms with E-state index in [0.717, 1.165) is 0 Å². The Morgan fingerprint density at radius 1 is 1.20 bits per heavy atom. The molecule has 2 N–H and O–H groups in total. The Balaban J connectivity index is 2.64. The van der Waals surface area contributed by atoms with Crippen LogP contribution in [-0.4, -0.2) is 26.9 Å². The van der Waals surface area contributed by atoms with Crippen molar-refractivity contribution in [2.75, 3.05) is 26.6 Å². The number of anilines is 1. The number of methoxy groups -OCH3 is 2. The van der Waals surface area contributed by atoms with Gasteiger partial charge in [-0.2, -0.15) is 0 Å². The van der Waals surface area contributed by atoms with Crippen LogP contribution in [0.25, 0.3) is 0 Å². The van der Waals surface area contributed by atoms with Crippen molar-refractivity contribution in [2.24, 2.45) is 0 Å². The number of nitrogens with two attached hydrogens (primary N) is 1. The number of ether oxygens (including phenoxy) is 3. The molecule has 1 rings (SSSR count). The maximum Gasteiger partial charge on any atom is 0.125 e. The Hall–Kier alpha value is -1.42. The van der Waals surface area contributed by atoms with E-state index < -0.39 is 0 Å². The van der Waals surface area contributed by atoms with Crippen LogP contribution in [0.1, 0.15) is 6.92 Å². The molecule has 1 aromatic rings. The van der Waals surface area contributed by atoms with Crippen LogP contribution >= 0.6 is 0 Å². The second kappa shape index (κ2) is 5.46. The van der Waals surface area contributed by atoms with Crippen molar-refractivity contribution in [1.82, 2.24) is 0 Å². The van der Waals surface area contributed by atoms with Gasteiger partial charge in [-0.25, -0.2) is 0 Å². The normalized spacial score (nSPS) is 12.2. The van der Waals surface area contributed by atoms with Crippen LogP contribution in [0.15, 0.2) is 18.2 Å². The van der Waals surface area contributed by atoms with Crippen molar-refractivity contribution < 1.29 is 14.2 Å². The lowest BCUT2D eigenvalue weighted by Gasteiger charge is -2.12. The molecule has 0 spiro atoms. The molecular formula is C11H17NO3. The number of rotatable bonds is 5. The van der Waals surface area contributed by atoms with Gasteiger partial charge >= 0.3 is 0 Å². The standard InChI is InChI=1S/C11H17NO3/c1-8(13-2)7-15-11-5-9(12)4-10(6-11)14-3/h4-6,8H,7,12H2,1-3H3. The highest BCUT2D eigenvalue weighted by molar-refractivity contribution is 5.50. The highest BCUT2D eigenvalue weighted by Crippen LogP contribution is 2.24. The molecule has 0 aliphatic heterocycles. The van der Waals surface area contributed by atoms with E-state index in [2.05, 4.69) is 0 Å². The van der Waals surface area contributed by atoms with Gasteiger partial charge in [0.1, 0.15) is 18.1 Å². The Morgan fingerprint density at radius 2 is 1.87 bits per heavy atom. The van der Waals surface area contributed by atoms with Crippen molar-refractivity contribution in [1.29, 1.82) is 0 Å². The Labute approximate surface area is 89.9 Å². The largest absolute Gasteiger partial charge is 0.497 e. The smallest absolute Gasteiger partial charge is 0.125 e. The van der Waals surface area contributed by atoms with Gasteiger partial charge in [0.25, 0.3) is 0 Å². The van der Waals surface area contributed by atoms with Gasteiger partial charge in [0, 0.05) is 31.0 Å². The number of benzene rings is 1. The first-order valence-electron chi connectivity index (χ1n) is 4.76. The maximum absolute atomic E-state index is 5.68. The third-order valence-corrected chi connectivity index (χ3v) is 2.03. The molecule has 84 valence electrons. The maximum atomic E-state index is 5.68. The molecule has 1 unspecified atom stereocenters. The summed E-state index contributed by atoms with van der Waals surface area (Å²) in [6, 6.07) is 5.29. The van der Waals surface area contributed by atoms with Gasteiger partial charge in [0.2, 0.25) is 0 Å². The van der Waals surface area contributed by atoms with Crippen molar-refractivity contribution in [3.8, 4) is 11.5 Å². The average molecular weight is 211 g/mol. The van der Waals surface area contributed by atoms with Crippen LogP contribution in [0, 0.1) is 0 Å². The summed E-state index contributed by atoms with van der Waals surface area (Å²) in [6.45, 7) is 2.42. The molecule has 4 heteroatoms. The molecule has 0 saturated carbocycles. The summed E-state index contributed by atoms with van der Waals surface area (Å²) in [5.41, 5.74) is 6.30. The van der Waals surface area contributed by atoms with E-state index in [1.807, 2.05) is 6.92 Å². The molecule has 0 bridgehead atoms. The fraction of sp³-hybridized carbons (Fsp3) is 0.455. The van der Waals surface area contributed by atoms with E-state index in [0.29, 0.717) is 23.8 Å². The fourth-order valence-electron chi connectivity index (χ4n) is 1.08. The van der Waals surface area contributed by atoms with Gasteiger partial charge in [-0.1, -0.05) is 0 Å². The van der Waals surface area contributed by atoms with Crippen molar-refractivity contribution >= 4 is 5.69 Å². The molecule has 0 aromatic heterocycles. The highest BCUT2D eigenvalue weighted by Gasteiger charge is 2.03. The molecule has 0 radical (unpaired) electrons. The first-order chi connectivity index (χ1) is 7.15. The van der Waals surface area contributed by atoms with Crippen LogP contribution < -0.4 is 15.2 Å². The molecule has 0 aliphatic rings. The van der Waals surface area contributed by atoms with Gasteiger partial charge in [0.15, 0.2) is 0 Å². The highest BCUT2D eigenvalue weighted by atomic mass is 16.5. The zero-order chi connectivity index (χ0) is 11.3. The predicted octanol–water partition coefficient (Wildman–Crippen LogP) is 1.69. The lowest BCUT2D eigenvalue weighted by molar-refractivity contribution is 0.0716. The van der Waals surface area contributed by atoms with Gasteiger partial charge in [-0.15, -0.1) is 0 Å². The van der Waals surface area contributed by atoms with Crippen molar-refractivity contribution in [3.05, 3.63) is 18.2 Å². The van der Waals surface area contributed by atoms with Gasteiger partial charge in [-0.3, -0.25) is 0 Å². The lowest BCUT2D eigenvalue weighted by atomic mass is 10.3. The third-order valence-electron chi connectivity index (χ3n) is 2.03. The van der Waals surface area contributed by atoms with Crippen LogP contribution in [0.5, 0.6) is 11.5 Å². The van der Waals surface area contributed by atoms with Gasteiger partial charge < -0.3 is 19.9 Å². The molecule has 0 fully saturated rings. The SMILES string of the molecule is COc1cc(N)cc(OCC(C)OC)c1. The summed E-state index contributed by atoms with van der Waals surface area (Å²) in [5.74, 6) is 1.38. The summed E-state index contributed by atoms with van der Waals surface area (Å²) in [5, 5.41) is 0. The van der Waals surface area contributed by atoms with E-state index >= 15 is 0 Å². The Morgan fingerprint density at radius 3 is 2.47 bits per heavy atom. The second-order valence-electron chi connectivity index (χ2n) is 3.30. The summed E-state index contributed by atoms with van der Waals surface area (Å²) in [4.78, 5) is 0. The minimum absolute atomic E-state index is 0.0532. The topological polar surface area (TPSA) is 53.7 Å². The van der Waals surface area contributed by atoms with Crippen LogP contribution in [0.3, 0.4) is 0 Å². The minimum Gasteiger partial charge on any atom is -0.497 e. The van der Waals surface area contributed by atoms with Crippen molar-refractivity contribution in [2.45, 2.75) is 13.0 Å². The van der Waals surface area contributed by atoms with Gasteiger partial charge in [-0.05, 0) is 6.92 Å². The third kappa shape index (κ3) is 3.67. The minimum atomic E-state index is 0.0532. The van der Waals surface area contributed by atoms with E-state index in [1.165, 1.54) is 0 Å². The second-order valence-corrected chi connectivity index (χ2v) is 3.30. The van der Waals surface area contributed by atoms with Crippen LogP contribution in [0.4, 0.5) is 5.69 Å². The number of hydrogen-bond acceptors (Lipinski definition) is 4. The zero-order valence-corrected chi connectivity index (χ0v) is 9.32. The first-order valence-corrected chi connectivity index (χ1v) is 4.76. The van der Waals surface area contributed by atoms with Crippen molar-refractivity contribution in [3.63, 3.8) is 0 Å². The fourth-order valence-corrected chi connectivity index (χ4v) is 1.08. The molecule has 0 saturated heterocycles. The van der Waals surface area contributed by atoms with Crippen LogP contribution in [0.2, 0.25) is 0 Å². The number of hydrogen-bond donors (Lipinski definition) is 1. The monoisotopic (exact) mass is 211 g/mol. The summed E-state index contributed by atoms with van der Waals surface area (Å²) < 4.78 is 15.6. The lowest BCUT2D eigenvalue weighted by Crippen LogP contribution is -2.15. The molecule has 0 amide bonds. The first kappa shape index (κ1) is 11.7. The molecular weight excluding hydrogens is 194 g/mol. The molecule has 0 heterocycles. The van der Waals surface area contributed by atoms with Crippen LogP contribution in [-0.2, 0) is 4.74 Å². The van der Waals surface area contributed by atoms with E-state index in [1.54, 1.807) is 32.4 Å². The molecule has 0 aliphatic carbocycles. The average Bonchev–Trinajstić information content (AvgIpc) is 2.25. The van der Waals surface area contributed by atoms with E-state index in [-0.39, 0.29) is 6.10 Å². The van der Waals surface area contributed by atoms with Gasteiger partial charge in [0.05, 0.1) is 13.2 Å². The molecule has 15 heavy (non-hydrogen) atoms. The number of nitrogen functional groups attached to an aromatic ring is 1. The zero-order valence-electron chi connectivity index (χ0n) is 9.32. The Kier molecular flexibility index (Phi) is 4.24. The van der Waals surface area contributed by atoms with E-state index in [9.17, 15) is 0 Å². The molecule has 1 atom stereocenters. The summed E-state index contributed by atoms with van der Waals surface area (Å²) >= 11 is 0.